The van der Waals surface area contributed by atoms with Gasteiger partial charge < -0.3 is 5.43 Å². The number of rotatable bonds is 3. The minimum atomic E-state index is -0.286. The molecule has 0 spiro atoms. The third kappa shape index (κ3) is 2.57. The molecular formula is C12H17FN2. The molecule has 0 atom stereocenters. The van der Waals surface area contributed by atoms with Gasteiger partial charge in [-0.2, -0.15) is 0 Å². The normalized spacial score (nSPS) is 12.0. The number of hydrogen-bond acceptors (Lipinski definition) is 2. The molecule has 3 N–H and O–H groups in total. The molecule has 3 heteroatoms. The first-order valence-electron chi connectivity index (χ1n) is 5.03. The molecule has 0 radical (unpaired) electrons. The van der Waals surface area contributed by atoms with Crippen LogP contribution in [-0.4, -0.2) is 0 Å². The maximum Gasteiger partial charge on any atom is 0.125 e. The van der Waals surface area contributed by atoms with Gasteiger partial charge in [0.1, 0.15) is 5.82 Å². The van der Waals surface area contributed by atoms with Crippen LogP contribution in [0.4, 0.5) is 10.1 Å². The molecule has 82 valence electrons. The molecule has 1 aromatic carbocycles. The topological polar surface area (TPSA) is 38.0 Å². The zero-order chi connectivity index (χ0) is 11.4. The zero-order valence-corrected chi connectivity index (χ0v) is 9.34. The third-order valence-corrected chi connectivity index (χ3v) is 2.38. The summed E-state index contributed by atoms with van der Waals surface area (Å²) in [6, 6.07) is 4.60. The van der Waals surface area contributed by atoms with Crippen molar-refractivity contribution in [1.82, 2.24) is 0 Å². The number of halogens is 1. The number of nitrogens with two attached hydrogens (primary N) is 1. The van der Waals surface area contributed by atoms with E-state index in [1.165, 1.54) is 12.1 Å². The van der Waals surface area contributed by atoms with Crippen molar-refractivity contribution in [3.63, 3.8) is 0 Å². The number of hydrogen-bond donors (Lipinski definition) is 2. The van der Waals surface area contributed by atoms with Crippen LogP contribution in [0.15, 0.2) is 24.3 Å². The van der Waals surface area contributed by atoms with Crippen LogP contribution in [0, 0.1) is 11.7 Å². The van der Waals surface area contributed by atoms with Crippen LogP contribution in [0.2, 0.25) is 0 Å². The summed E-state index contributed by atoms with van der Waals surface area (Å²) < 4.78 is 13.0. The zero-order valence-electron chi connectivity index (χ0n) is 9.34. The number of nitrogens with one attached hydrogen (secondary N) is 1. The van der Waals surface area contributed by atoms with E-state index >= 15 is 0 Å². The summed E-state index contributed by atoms with van der Waals surface area (Å²) in [6.45, 7) is 6.16. The van der Waals surface area contributed by atoms with Gasteiger partial charge in [-0.05, 0) is 36.6 Å². The fraction of sp³-hybridized carbons (Fsp3) is 0.333. The smallest absolute Gasteiger partial charge is 0.125 e. The van der Waals surface area contributed by atoms with Crippen LogP contribution in [0.1, 0.15) is 26.3 Å². The molecule has 0 aliphatic rings. The van der Waals surface area contributed by atoms with E-state index in [0.717, 1.165) is 11.1 Å². The van der Waals surface area contributed by atoms with E-state index in [0.29, 0.717) is 11.6 Å². The largest absolute Gasteiger partial charge is 0.323 e. The molecule has 0 unspecified atom stereocenters. The van der Waals surface area contributed by atoms with Gasteiger partial charge in [-0.1, -0.05) is 19.9 Å². The molecule has 1 aromatic rings. The maximum absolute atomic E-state index is 13.0. The van der Waals surface area contributed by atoms with Crippen LogP contribution in [0.3, 0.4) is 0 Å². The molecule has 0 aliphatic carbocycles. The van der Waals surface area contributed by atoms with Crippen molar-refractivity contribution in [3.8, 4) is 0 Å². The lowest BCUT2D eigenvalue weighted by Crippen LogP contribution is -2.10. The number of hydrazine groups is 1. The summed E-state index contributed by atoms with van der Waals surface area (Å²) in [7, 11) is 0. The number of nitrogen functional groups attached to an aromatic ring is 1. The average Bonchev–Trinajstić information content (AvgIpc) is 2.20. The van der Waals surface area contributed by atoms with E-state index in [2.05, 4.69) is 19.3 Å². The molecule has 0 heterocycles. The first-order valence-corrected chi connectivity index (χ1v) is 5.03. The fourth-order valence-electron chi connectivity index (χ4n) is 1.69. The summed E-state index contributed by atoms with van der Waals surface area (Å²) >= 11 is 0. The van der Waals surface area contributed by atoms with Gasteiger partial charge in [0.15, 0.2) is 0 Å². The van der Waals surface area contributed by atoms with Crippen molar-refractivity contribution in [1.29, 1.82) is 0 Å². The number of anilines is 1. The highest BCUT2D eigenvalue weighted by Gasteiger charge is 2.10. The third-order valence-electron chi connectivity index (χ3n) is 2.38. The van der Waals surface area contributed by atoms with Crippen LogP contribution in [0.5, 0.6) is 0 Å². The van der Waals surface area contributed by atoms with Crippen molar-refractivity contribution in [2.24, 2.45) is 11.8 Å². The van der Waals surface area contributed by atoms with Gasteiger partial charge in [0.25, 0.3) is 0 Å². The second kappa shape index (κ2) is 4.94. The van der Waals surface area contributed by atoms with Crippen LogP contribution in [-0.2, 0) is 0 Å². The summed E-state index contributed by atoms with van der Waals surface area (Å²) in [5, 5.41) is 0. The predicted molar refractivity (Wildman–Crippen MR) is 62.7 cm³/mol. The molecule has 1 rings (SSSR count). The summed E-state index contributed by atoms with van der Waals surface area (Å²) in [6.07, 6.45) is 2.03. The Morgan fingerprint density at radius 2 is 2.13 bits per heavy atom. The Hall–Kier alpha value is -1.35. The van der Waals surface area contributed by atoms with Gasteiger partial charge in [0.05, 0.1) is 5.69 Å². The van der Waals surface area contributed by atoms with E-state index in [4.69, 9.17) is 5.84 Å². The van der Waals surface area contributed by atoms with Crippen molar-refractivity contribution in [2.45, 2.75) is 20.8 Å². The van der Waals surface area contributed by atoms with Crippen molar-refractivity contribution in [3.05, 3.63) is 35.7 Å². The van der Waals surface area contributed by atoms with Crippen LogP contribution in [0.25, 0.3) is 5.57 Å². The molecule has 15 heavy (non-hydrogen) atoms. The van der Waals surface area contributed by atoms with E-state index in [1.807, 2.05) is 13.0 Å². The SMILES string of the molecule is C/C=C(\c1ccc(F)cc1NN)C(C)C. The summed E-state index contributed by atoms with van der Waals surface area (Å²) in [4.78, 5) is 0. The highest BCUT2D eigenvalue weighted by Crippen LogP contribution is 2.29. The Bertz CT molecular complexity index is 370. The first kappa shape index (κ1) is 11.7. The molecular weight excluding hydrogens is 191 g/mol. The minimum Gasteiger partial charge on any atom is -0.323 e. The quantitative estimate of drug-likeness (QED) is 0.591. The molecule has 0 saturated heterocycles. The minimum absolute atomic E-state index is 0.286. The highest BCUT2D eigenvalue weighted by molar-refractivity contribution is 5.76. The summed E-state index contributed by atoms with van der Waals surface area (Å²) in [5.74, 6) is 5.46. The summed E-state index contributed by atoms with van der Waals surface area (Å²) in [5.41, 5.74) is 5.26. The van der Waals surface area contributed by atoms with Gasteiger partial charge in [-0.15, -0.1) is 0 Å². The van der Waals surface area contributed by atoms with Crippen molar-refractivity contribution >= 4 is 11.3 Å². The molecule has 0 aromatic heterocycles. The van der Waals surface area contributed by atoms with Gasteiger partial charge in [-0.3, -0.25) is 5.84 Å². The Labute approximate surface area is 90.0 Å². The molecule has 0 fully saturated rings. The highest BCUT2D eigenvalue weighted by atomic mass is 19.1. The average molecular weight is 208 g/mol. The van der Waals surface area contributed by atoms with Crippen molar-refractivity contribution < 1.29 is 4.39 Å². The lowest BCUT2D eigenvalue weighted by Gasteiger charge is -2.15. The maximum atomic E-state index is 13.0. The van der Waals surface area contributed by atoms with Crippen molar-refractivity contribution in [2.75, 3.05) is 5.43 Å². The van der Waals surface area contributed by atoms with Gasteiger partial charge in [0.2, 0.25) is 0 Å². The van der Waals surface area contributed by atoms with Gasteiger partial charge in [-0.25, -0.2) is 4.39 Å². The predicted octanol–water partition coefficient (Wildman–Crippen LogP) is 3.17. The Kier molecular flexibility index (Phi) is 3.86. The lowest BCUT2D eigenvalue weighted by molar-refractivity contribution is 0.628. The first-order chi connectivity index (χ1) is 7.10. The molecule has 0 aliphatic heterocycles. The van der Waals surface area contributed by atoms with Gasteiger partial charge in [0, 0.05) is 5.56 Å². The van der Waals surface area contributed by atoms with E-state index in [1.54, 1.807) is 6.07 Å². The molecule has 0 bridgehead atoms. The Morgan fingerprint density at radius 3 is 2.60 bits per heavy atom. The van der Waals surface area contributed by atoms with Gasteiger partial charge >= 0.3 is 0 Å². The fourth-order valence-corrected chi connectivity index (χ4v) is 1.69. The van der Waals surface area contributed by atoms with Crippen LogP contribution < -0.4 is 11.3 Å². The molecule has 0 amide bonds. The Balaban J connectivity index is 3.24. The Morgan fingerprint density at radius 1 is 1.47 bits per heavy atom. The van der Waals surface area contributed by atoms with E-state index in [9.17, 15) is 4.39 Å². The van der Waals surface area contributed by atoms with E-state index < -0.39 is 0 Å². The molecule has 2 nitrogen and oxygen atoms in total. The monoisotopic (exact) mass is 208 g/mol. The number of allylic oxidation sites excluding steroid dienone is 2. The van der Waals surface area contributed by atoms with E-state index in [-0.39, 0.29) is 5.82 Å². The second-order valence-corrected chi connectivity index (χ2v) is 3.73. The molecule has 0 saturated carbocycles. The lowest BCUT2D eigenvalue weighted by atomic mass is 9.94. The number of benzene rings is 1. The standard InChI is InChI=1S/C12H17FN2/c1-4-10(8(2)3)11-6-5-9(13)7-12(11)15-14/h4-8,15H,14H2,1-3H3/b10-4-. The second-order valence-electron chi connectivity index (χ2n) is 3.73. The van der Waals surface area contributed by atoms with Crippen LogP contribution >= 0.6 is 0 Å².